The van der Waals surface area contributed by atoms with Crippen LogP contribution in [0.3, 0.4) is 0 Å². The average Bonchev–Trinajstić information content (AvgIpc) is 2.92. The van der Waals surface area contributed by atoms with Gasteiger partial charge in [0, 0.05) is 0 Å². The Kier molecular flexibility index (Phi) is 4.72. The van der Waals surface area contributed by atoms with E-state index in [4.69, 9.17) is 14.6 Å². The monoisotopic (exact) mass is 305 g/mol. The number of carboxylic acids is 1. The Morgan fingerprint density at radius 2 is 1.95 bits per heavy atom. The summed E-state index contributed by atoms with van der Waals surface area (Å²) in [7, 11) is 1.56. The first-order valence-electron chi connectivity index (χ1n) is 6.53. The van der Waals surface area contributed by atoms with Gasteiger partial charge in [-0.05, 0) is 24.6 Å². The molecule has 0 saturated carbocycles. The van der Waals surface area contributed by atoms with Gasteiger partial charge in [-0.2, -0.15) is 0 Å². The summed E-state index contributed by atoms with van der Waals surface area (Å²) in [6.07, 6.45) is 0. The lowest BCUT2D eigenvalue weighted by atomic mass is 10.2. The van der Waals surface area contributed by atoms with Crippen molar-refractivity contribution in [1.29, 1.82) is 0 Å². The van der Waals surface area contributed by atoms with Crippen LogP contribution in [0.1, 0.15) is 33.5 Å². The van der Waals surface area contributed by atoms with E-state index < -0.39 is 17.6 Å². The Morgan fingerprint density at radius 1 is 1.27 bits per heavy atom. The zero-order chi connectivity index (χ0) is 16.1. The number of aromatic nitrogens is 3. The lowest BCUT2D eigenvalue weighted by molar-refractivity contribution is 0.0500. The summed E-state index contributed by atoms with van der Waals surface area (Å²) < 4.78 is 11.1. The summed E-state index contributed by atoms with van der Waals surface area (Å²) in [5.41, 5.74) is 0.213. The zero-order valence-electron chi connectivity index (χ0n) is 12.1. The van der Waals surface area contributed by atoms with E-state index in [0.29, 0.717) is 5.75 Å². The SMILES string of the molecule is CCOC(=O)c1c(C(=O)O)nnn1Cc1ccc(OC)cc1. The molecule has 2 rings (SSSR count). The van der Waals surface area contributed by atoms with Gasteiger partial charge >= 0.3 is 11.9 Å². The van der Waals surface area contributed by atoms with Crippen LogP contribution in [0.25, 0.3) is 0 Å². The Morgan fingerprint density at radius 3 is 2.50 bits per heavy atom. The van der Waals surface area contributed by atoms with Crippen LogP contribution in [0, 0.1) is 0 Å². The van der Waals surface area contributed by atoms with Crippen LogP contribution in [0.15, 0.2) is 24.3 Å². The van der Waals surface area contributed by atoms with Crippen LogP contribution >= 0.6 is 0 Å². The molecule has 0 aliphatic heterocycles. The van der Waals surface area contributed by atoms with Crippen molar-refractivity contribution in [2.75, 3.05) is 13.7 Å². The number of carbonyl (C=O) groups is 2. The Labute approximate surface area is 126 Å². The van der Waals surface area contributed by atoms with E-state index in [0.717, 1.165) is 5.56 Å². The average molecular weight is 305 g/mol. The topological polar surface area (TPSA) is 104 Å². The number of aromatic carboxylic acids is 1. The van der Waals surface area contributed by atoms with Gasteiger partial charge in [0.2, 0.25) is 5.69 Å². The number of hydrogen-bond donors (Lipinski definition) is 1. The summed E-state index contributed by atoms with van der Waals surface area (Å²) in [6.45, 7) is 1.96. The maximum Gasteiger partial charge on any atom is 0.359 e. The fourth-order valence-electron chi connectivity index (χ4n) is 1.87. The molecule has 22 heavy (non-hydrogen) atoms. The van der Waals surface area contributed by atoms with Gasteiger partial charge in [0.15, 0.2) is 5.69 Å². The van der Waals surface area contributed by atoms with Gasteiger partial charge in [-0.15, -0.1) is 5.10 Å². The van der Waals surface area contributed by atoms with Crippen molar-refractivity contribution in [2.45, 2.75) is 13.5 Å². The highest BCUT2D eigenvalue weighted by Gasteiger charge is 2.26. The van der Waals surface area contributed by atoms with E-state index in [-0.39, 0.29) is 18.8 Å². The van der Waals surface area contributed by atoms with Gasteiger partial charge in [-0.25, -0.2) is 14.3 Å². The fraction of sp³-hybridized carbons (Fsp3) is 0.286. The number of esters is 1. The minimum absolute atomic E-state index is 0.131. The first kappa shape index (κ1) is 15.5. The fourth-order valence-corrected chi connectivity index (χ4v) is 1.87. The summed E-state index contributed by atoms with van der Waals surface area (Å²) in [6, 6.07) is 7.09. The molecule has 0 atom stereocenters. The van der Waals surface area contributed by atoms with Crippen molar-refractivity contribution in [3.8, 4) is 5.75 Å². The molecular weight excluding hydrogens is 290 g/mol. The summed E-state index contributed by atoms with van der Waals surface area (Å²) in [5, 5.41) is 16.4. The predicted octanol–water partition coefficient (Wildman–Crippen LogP) is 1.21. The van der Waals surface area contributed by atoms with Crippen molar-refractivity contribution >= 4 is 11.9 Å². The second-order valence-corrected chi connectivity index (χ2v) is 4.32. The minimum atomic E-state index is -1.33. The van der Waals surface area contributed by atoms with Gasteiger partial charge in [0.05, 0.1) is 20.3 Å². The third-order valence-electron chi connectivity index (χ3n) is 2.90. The van der Waals surface area contributed by atoms with E-state index in [1.165, 1.54) is 4.68 Å². The Hall–Kier alpha value is -2.90. The van der Waals surface area contributed by atoms with Crippen LogP contribution < -0.4 is 4.74 Å². The highest BCUT2D eigenvalue weighted by Crippen LogP contribution is 2.14. The predicted molar refractivity (Wildman–Crippen MR) is 75.0 cm³/mol. The van der Waals surface area contributed by atoms with E-state index in [9.17, 15) is 9.59 Å². The quantitative estimate of drug-likeness (QED) is 0.800. The molecule has 116 valence electrons. The maximum atomic E-state index is 11.9. The molecule has 1 N–H and O–H groups in total. The highest BCUT2D eigenvalue weighted by molar-refractivity contribution is 5.99. The normalized spacial score (nSPS) is 10.3. The van der Waals surface area contributed by atoms with E-state index in [1.807, 2.05) is 0 Å². The molecule has 8 nitrogen and oxygen atoms in total. The second-order valence-electron chi connectivity index (χ2n) is 4.32. The third-order valence-corrected chi connectivity index (χ3v) is 2.90. The molecule has 0 unspecified atom stereocenters. The molecule has 0 amide bonds. The van der Waals surface area contributed by atoms with Crippen LogP contribution in [0.4, 0.5) is 0 Å². The lowest BCUT2D eigenvalue weighted by Crippen LogP contribution is -2.17. The van der Waals surface area contributed by atoms with E-state index >= 15 is 0 Å². The summed E-state index contributed by atoms with van der Waals surface area (Å²) >= 11 is 0. The molecule has 0 aliphatic carbocycles. The molecule has 2 aromatic rings. The number of nitrogens with zero attached hydrogens (tertiary/aromatic N) is 3. The van der Waals surface area contributed by atoms with Crippen molar-refractivity contribution in [1.82, 2.24) is 15.0 Å². The standard InChI is InChI=1S/C14H15N3O5/c1-3-22-14(20)12-11(13(18)19)15-16-17(12)8-9-4-6-10(21-2)7-5-9/h4-7H,3,8H2,1-2H3,(H,18,19). The molecule has 1 aromatic carbocycles. The van der Waals surface area contributed by atoms with Gasteiger partial charge in [-0.1, -0.05) is 17.3 Å². The number of benzene rings is 1. The molecule has 8 heteroatoms. The molecule has 0 aliphatic rings. The number of carboxylic acid groups (broad SMARTS) is 1. The molecule has 0 bridgehead atoms. The van der Waals surface area contributed by atoms with Crippen molar-refractivity contribution < 1.29 is 24.2 Å². The largest absolute Gasteiger partial charge is 0.497 e. The molecule has 1 heterocycles. The molecule has 0 saturated heterocycles. The smallest absolute Gasteiger partial charge is 0.359 e. The molecule has 0 radical (unpaired) electrons. The van der Waals surface area contributed by atoms with Gasteiger partial charge in [-0.3, -0.25) is 0 Å². The molecule has 0 fully saturated rings. The summed E-state index contributed by atoms with van der Waals surface area (Å²) in [4.78, 5) is 23.1. The van der Waals surface area contributed by atoms with Crippen LogP contribution in [0.5, 0.6) is 5.75 Å². The number of carbonyl (C=O) groups excluding carboxylic acids is 1. The number of rotatable bonds is 6. The Balaban J connectivity index is 2.33. The van der Waals surface area contributed by atoms with Crippen molar-refractivity contribution in [2.24, 2.45) is 0 Å². The van der Waals surface area contributed by atoms with Crippen LogP contribution in [-0.2, 0) is 11.3 Å². The van der Waals surface area contributed by atoms with Gasteiger partial charge in [0.1, 0.15) is 5.75 Å². The molecular formula is C14H15N3O5. The maximum absolute atomic E-state index is 11.9. The second kappa shape index (κ2) is 6.70. The lowest BCUT2D eigenvalue weighted by Gasteiger charge is -2.07. The molecule has 0 spiro atoms. The van der Waals surface area contributed by atoms with Crippen molar-refractivity contribution in [3.05, 3.63) is 41.2 Å². The van der Waals surface area contributed by atoms with Crippen LogP contribution in [0.2, 0.25) is 0 Å². The zero-order valence-corrected chi connectivity index (χ0v) is 12.1. The minimum Gasteiger partial charge on any atom is -0.497 e. The number of hydrogen-bond acceptors (Lipinski definition) is 6. The highest BCUT2D eigenvalue weighted by atomic mass is 16.5. The van der Waals surface area contributed by atoms with Crippen molar-refractivity contribution in [3.63, 3.8) is 0 Å². The van der Waals surface area contributed by atoms with E-state index in [1.54, 1.807) is 38.3 Å². The van der Waals surface area contributed by atoms with Gasteiger partial charge < -0.3 is 14.6 Å². The number of ether oxygens (including phenoxy) is 2. The van der Waals surface area contributed by atoms with Crippen LogP contribution in [-0.4, -0.2) is 45.8 Å². The van der Waals surface area contributed by atoms with E-state index in [2.05, 4.69) is 10.3 Å². The van der Waals surface area contributed by atoms with Gasteiger partial charge in [0.25, 0.3) is 0 Å². The third kappa shape index (κ3) is 3.22. The Bertz CT molecular complexity index is 678. The number of methoxy groups -OCH3 is 1. The molecule has 1 aromatic heterocycles. The summed E-state index contributed by atoms with van der Waals surface area (Å²) in [5.74, 6) is -1.40. The first-order valence-corrected chi connectivity index (χ1v) is 6.53. The first-order chi connectivity index (χ1) is 10.6.